The van der Waals surface area contributed by atoms with Crippen LogP contribution in [0.4, 0.5) is 29.3 Å². The number of alkyl halides is 3. The fourth-order valence-corrected chi connectivity index (χ4v) is 1.12. The predicted molar refractivity (Wildman–Crippen MR) is 56.5 cm³/mol. The van der Waals surface area contributed by atoms with E-state index in [0.29, 0.717) is 0 Å². The van der Waals surface area contributed by atoms with Crippen LogP contribution in [0.1, 0.15) is 12.5 Å². The number of hydrogen-bond acceptors (Lipinski definition) is 3. The number of nitrogens with two attached hydrogens (primary N) is 1. The highest BCUT2D eigenvalue weighted by atomic mass is 19.4. The van der Waals surface area contributed by atoms with E-state index in [9.17, 15) is 18.0 Å². The van der Waals surface area contributed by atoms with Crippen LogP contribution >= 0.6 is 0 Å². The average molecular weight is 248 g/mol. The van der Waals surface area contributed by atoms with Crippen molar-refractivity contribution >= 4 is 17.5 Å². The van der Waals surface area contributed by atoms with E-state index in [4.69, 9.17) is 5.73 Å². The lowest BCUT2D eigenvalue weighted by molar-refractivity contribution is -0.137. The summed E-state index contributed by atoms with van der Waals surface area (Å²) in [6.45, 7) is 1.69. The lowest BCUT2D eigenvalue weighted by atomic mass is 10.1. The first-order valence-corrected chi connectivity index (χ1v) is 4.75. The third kappa shape index (κ3) is 3.54. The van der Waals surface area contributed by atoms with E-state index < -0.39 is 17.8 Å². The number of amides is 1. The highest BCUT2D eigenvalue weighted by Crippen LogP contribution is 2.32. The number of anilines is 2. The number of carbonyl (C=O) groups is 1. The van der Waals surface area contributed by atoms with Crippen LogP contribution in [0, 0.1) is 0 Å². The van der Waals surface area contributed by atoms with E-state index in [2.05, 4.69) is 10.1 Å². The molecular formula is C10H11F3N2O2. The Labute approximate surface area is 95.6 Å². The van der Waals surface area contributed by atoms with Gasteiger partial charge in [-0.2, -0.15) is 13.2 Å². The second-order valence-electron chi connectivity index (χ2n) is 3.15. The van der Waals surface area contributed by atoms with E-state index in [0.717, 1.165) is 18.2 Å². The Morgan fingerprint density at radius 3 is 2.65 bits per heavy atom. The van der Waals surface area contributed by atoms with Crippen molar-refractivity contribution < 1.29 is 22.7 Å². The maximum Gasteiger partial charge on any atom is 0.416 e. The molecule has 0 bridgehead atoms. The Morgan fingerprint density at radius 2 is 2.12 bits per heavy atom. The molecule has 0 heterocycles. The van der Waals surface area contributed by atoms with E-state index in [-0.39, 0.29) is 18.0 Å². The molecule has 0 saturated carbocycles. The van der Waals surface area contributed by atoms with Gasteiger partial charge in [0.05, 0.1) is 23.5 Å². The molecule has 17 heavy (non-hydrogen) atoms. The number of ether oxygens (including phenoxy) is 1. The number of benzene rings is 1. The predicted octanol–water partition coefficient (Wildman–Crippen LogP) is 2.86. The lowest BCUT2D eigenvalue weighted by Gasteiger charge is -2.12. The fraction of sp³-hybridized carbons (Fsp3) is 0.300. The van der Waals surface area contributed by atoms with Crippen molar-refractivity contribution in [3.05, 3.63) is 23.8 Å². The van der Waals surface area contributed by atoms with Crippen molar-refractivity contribution in [3.63, 3.8) is 0 Å². The molecule has 0 fully saturated rings. The van der Waals surface area contributed by atoms with Gasteiger partial charge in [0.15, 0.2) is 0 Å². The molecule has 4 nitrogen and oxygen atoms in total. The zero-order chi connectivity index (χ0) is 13.1. The van der Waals surface area contributed by atoms with Gasteiger partial charge in [0.1, 0.15) is 0 Å². The van der Waals surface area contributed by atoms with Crippen molar-refractivity contribution in [3.8, 4) is 0 Å². The summed E-state index contributed by atoms with van der Waals surface area (Å²) in [4.78, 5) is 11.1. The molecule has 0 aliphatic heterocycles. The van der Waals surface area contributed by atoms with Crippen molar-refractivity contribution in [2.24, 2.45) is 0 Å². The molecule has 0 aliphatic rings. The van der Waals surface area contributed by atoms with Gasteiger partial charge in [-0.15, -0.1) is 0 Å². The standard InChI is InChI=1S/C10H11F3N2O2/c1-2-17-9(16)15-8-5-6(10(11,12)13)3-4-7(8)14/h3-5H,2,14H2,1H3,(H,15,16). The summed E-state index contributed by atoms with van der Waals surface area (Å²) < 4.78 is 41.7. The first-order chi connectivity index (χ1) is 7.84. The van der Waals surface area contributed by atoms with Crippen LogP contribution in [0.2, 0.25) is 0 Å². The largest absolute Gasteiger partial charge is 0.450 e. The van der Waals surface area contributed by atoms with Gasteiger partial charge in [0, 0.05) is 0 Å². The Kier molecular flexibility index (Phi) is 3.82. The molecule has 0 unspecified atom stereocenters. The van der Waals surface area contributed by atoms with Crippen molar-refractivity contribution in [2.75, 3.05) is 17.7 Å². The van der Waals surface area contributed by atoms with Crippen LogP contribution < -0.4 is 11.1 Å². The van der Waals surface area contributed by atoms with Gasteiger partial charge in [0.2, 0.25) is 0 Å². The van der Waals surface area contributed by atoms with Crippen LogP contribution in [0.15, 0.2) is 18.2 Å². The Morgan fingerprint density at radius 1 is 1.47 bits per heavy atom. The quantitative estimate of drug-likeness (QED) is 0.791. The Hall–Kier alpha value is -1.92. The molecule has 0 saturated heterocycles. The molecule has 0 radical (unpaired) electrons. The zero-order valence-electron chi connectivity index (χ0n) is 8.97. The van der Waals surface area contributed by atoms with Crippen LogP contribution in [0.5, 0.6) is 0 Å². The summed E-state index contributed by atoms with van der Waals surface area (Å²) in [5.74, 6) is 0. The molecule has 0 aromatic heterocycles. The molecule has 7 heteroatoms. The minimum absolute atomic E-state index is 0.0334. The van der Waals surface area contributed by atoms with Gasteiger partial charge in [-0.05, 0) is 25.1 Å². The first-order valence-electron chi connectivity index (χ1n) is 4.75. The average Bonchev–Trinajstić information content (AvgIpc) is 2.20. The molecule has 0 aliphatic carbocycles. The van der Waals surface area contributed by atoms with Crippen molar-refractivity contribution in [1.29, 1.82) is 0 Å². The molecule has 3 N–H and O–H groups in total. The summed E-state index contributed by atoms with van der Waals surface area (Å²) in [6, 6.07) is 2.67. The van der Waals surface area contributed by atoms with Gasteiger partial charge in [-0.1, -0.05) is 0 Å². The smallest absolute Gasteiger partial charge is 0.416 e. The number of carbonyl (C=O) groups excluding carboxylic acids is 1. The Balaban J connectivity index is 2.95. The van der Waals surface area contributed by atoms with Crippen LogP contribution in [-0.4, -0.2) is 12.7 Å². The summed E-state index contributed by atoms with van der Waals surface area (Å²) in [5, 5.41) is 2.14. The van der Waals surface area contributed by atoms with E-state index in [1.165, 1.54) is 0 Å². The Bertz CT molecular complexity index is 419. The van der Waals surface area contributed by atoms with Crippen molar-refractivity contribution in [2.45, 2.75) is 13.1 Å². The number of nitrogen functional groups attached to an aromatic ring is 1. The number of nitrogens with one attached hydrogen (secondary N) is 1. The summed E-state index contributed by atoms with van der Waals surface area (Å²) >= 11 is 0. The van der Waals surface area contributed by atoms with E-state index in [1.807, 2.05) is 0 Å². The monoisotopic (exact) mass is 248 g/mol. The molecule has 1 rings (SSSR count). The lowest BCUT2D eigenvalue weighted by Crippen LogP contribution is -2.15. The van der Waals surface area contributed by atoms with Gasteiger partial charge in [-0.25, -0.2) is 4.79 Å². The van der Waals surface area contributed by atoms with Gasteiger partial charge >= 0.3 is 12.3 Å². The second kappa shape index (κ2) is 4.94. The van der Waals surface area contributed by atoms with Crippen LogP contribution in [0.3, 0.4) is 0 Å². The third-order valence-electron chi connectivity index (χ3n) is 1.89. The number of halogens is 3. The van der Waals surface area contributed by atoms with E-state index >= 15 is 0 Å². The molecule has 94 valence electrons. The molecular weight excluding hydrogens is 237 g/mol. The molecule has 0 atom stereocenters. The van der Waals surface area contributed by atoms with Gasteiger partial charge in [-0.3, -0.25) is 5.32 Å². The maximum atomic E-state index is 12.4. The van der Waals surface area contributed by atoms with Crippen LogP contribution in [0.25, 0.3) is 0 Å². The summed E-state index contributed by atoms with van der Waals surface area (Å²) in [6.07, 6.45) is -5.34. The number of rotatable bonds is 2. The minimum Gasteiger partial charge on any atom is -0.450 e. The highest BCUT2D eigenvalue weighted by Gasteiger charge is 2.31. The van der Waals surface area contributed by atoms with Crippen LogP contribution in [-0.2, 0) is 10.9 Å². The van der Waals surface area contributed by atoms with Gasteiger partial charge in [0.25, 0.3) is 0 Å². The SMILES string of the molecule is CCOC(=O)Nc1cc(C(F)(F)F)ccc1N. The van der Waals surface area contributed by atoms with Gasteiger partial charge < -0.3 is 10.5 Å². The first kappa shape index (κ1) is 13.1. The summed E-state index contributed by atoms with van der Waals surface area (Å²) in [7, 11) is 0. The molecule has 1 aromatic carbocycles. The summed E-state index contributed by atoms with van der Waals surface area (Å²) in [5.41, 5.74) is 4.46. The number of hydrogen-bond donors (Lipinski definition) is 2. The minimum atomic E-state index is -4.49. The van der Waals surface area contributed by atoms with Crippen molar-refractivity contribution in [1.82, 2.24) is 0 Å². The fourth-order valence-electron chi connectivity index (χ4n) is 1.12. The molecule has 0 spiro atoms. The second-order valence-corrected chi connectivity index (χ2v) is 3.15. The third-order valence-corrected chi connectivity index (χ3v) is 1.89. The van der Waals surface area contributed by atoms with E-state index in [1.54, 1.807) is 6.92 Å². The molecule has 1 amide bonds. The zero-order valence-corrected chi connectivity index (χ0v) is 8.97. The highest BCUT2D eigenvalue weighted by molar-refractivity contribution is 5.89. The maximum absolute atomic E-state index is 12.4. The normalized spacial score (nSPS) is 11.1. The molecule has 1 aromatic rings. The topological polar surface area (TPSA) is 64.3 Å².